The van der Waals surface area contributed by atoms with Crippen LogP contribution in [0.1, 0.15) is 38.3 Å². The van der Waals surface area contributed by atoms with E-state index in [2.05, 4.69) is 10.6 Å². The molecule has 2 rings (SSSR count). The number of guanidine groups is 1. The molecule has 1 aliphatic heterocycles. The molecule has 1 aromatic carbocycles. The first-order valence-corrected chi connectivity index (χ1v) is 9.38. The van der Waals surface area contributed by atoms with Crippen molar-refractivity contribution in [1.29, 1.82) is 0 Å². The van der Waals surface area contributed by atoms with E-state index in [1.54, 1.807) is 13.2 Å². The number of nitrogens with zero attached hydrogens (tertiary/aromatic N) is 1. The molecule has 1 aromatic rings. The van der Waals surface area contributed by atoms with Crippen LogP contribution < -0.4 is 10.6 Å². The zero-order chi connectivity index (χ0) is 18.3. The lowest BCUT2D eigenvalue weighted by atomic mass is 9.94. The molecule has 0 bridgehead atoms. The largest absolute Gasteiger partial charge is 0.381 e. The van der Waals surface area contributed by atoms with Crippen LogP contribution in [0.4, 0.5) is 0 Å². The molecule has 1 saturated heterocycles. The fourth-order valence-corrected chi connectivity index (χ4v) is 3.42. The summed E-state index contributed by atoms with van der Waals surface area (Å²) in [5.41, 5.74) is 0.728. The second-order valence-corrected chi connectivity index (χ2v) is 7.07. The van der Waals surface area contributed by atoms with Crippen LogP contribution in [0.15, 0.2) is 23.2 Å². The van der Waals surface area contributed by atoms with Crippen LogP contribution in [-0.4, -0.2) is 45.0 Å². The second-order valence-electron chi connectivity index (χ2n) is 6.23. The number of ether oxygens (including phenoxy) is 2. The zero-order valence-electron chi connectivity index (χ0n) is 15.5. The SMILES string of the molecule is CCNC(=NCC1(OC)CCOCC1)NC(C)c1ccc(Cl)cc1Cl.I. The summed E-state index contributed by atoms with van der Waals surface area (Å²) in [6, 6.07) is 5.52. The lowest BCUT2D eigenvalue weighted by Crippen LogP contribution is -2.44. The average Bonchev–Trinajstić information content (AvgIpc) is 2.60. The number of halogens is 3. The standard InChI is InChI=1S/C18H27Cl2N3O2.HI/c1-4-21-17(22-12-18(24-3)7-9-25-10-8-18)23-13(2)15-6-5-14(19)11-16(15)20;/h5-6,11,13H,4,7-10,12H2,1-3H3,(H2,21,22,23);1H. The number of rotatable bonds is 6. The van der Waals surface area contributed by atoms with Crippen molar-refractivity contribution >= 4 is 53.1 Å². The maximum absolute atomic E-state index is 6.31. The van der Waals surface area contributed by atoms with Crippen molar-refractivity contribution in [2.45, 2.75) is 38.3 Å². The molecule has 0 aromatic heterocycles. The Morgan fingerprint density at radius 2 is 2.04 bits per heavy atom. The summed E-state index contributed by atoms with van der Waals surface area (Å²) in [6.07, 6.45) is 1.70. The molecule has 1 fully saturated rings. The molecule has 8 heteroatoms. The third kappa shape index (κ3) is 6.71. The Labute approximate surface area is 183 Å². The topological polar surface area (TPSA) is 54.9 Å². The molecule has 0 radical (unpaired) electrons. The second kappa shape index (κ2) is 11.5. The minimum absolute atomic E-state index is 0. The van der Waals surface area contributed by atoms with Gasteiger partial charge in [-0.1, -0.05) is 29.3 Å². The maximum Gasteiger partial charge on any atom is 0.191 e. The van der Waals surface area contributed by atoms with Crippen molar-refractivity contribution < 1.29 is 9.47 Å². The molecule has 148 valence electrons. The van der Waals surface area contributed by atoms with Crippen molar-refractivity contribution in [2.24, 2.45) is 4.99 Å². The number of hydrogen-bond donors (Lipinski definition) is 2. The normalized spacial score (nSPS) is 18.0. The maximum atomic E-state index is 6.31. The highest BCUT2D eigenvalue weighted by atomic mass is 127. The number of nitrogens with one attached hydrogen (secondary N) is 2. The summed E-state index contributed by atoms with van der Waals surface area (Å²) < 4.78 is 11.2. The monoisotopic (exact) mass is 515 g/mol. The molecule has 0 aliphatic carbocycles. The van der Waals surface area contributed by atoms with Crippen molar-refractivity contribution in [3.8, 4) is 0 Å². The van der Waals surface area contributed by atoms with Gasteiger partial charge in [-0.2, -0.15) is 0 Å². The number of hydrogen-bond acceptors (Lipinski definition) is 3. The van der Waals surface area contributed by atoms with Gasteiger partial charge in [0.15, 0.2) is 5.96 Å². The summed E-state index contributed by atoms with van der Waals surface area (Å²) in [5.74, 6) is 0.740. The molecular weight excluding hydrogens is 488 g/mol. The summed E-state index contributed by atoms with van der Waals surface area (Å²) in [4.78, 5) is 4.74. The summed E-state index contributed by atoms with van der Waals surface area (Å²) in [6.45, 7) is 6.87. The fraction of sp³-hybridized carbons (Fsp3) is 0.611. The van der Waals surface area contributed by atoms with Crippen LogP contribution >= 0.6 is 47.2 Å². The van der Waals surface area contributed by atoms with Crippen LogP contribution in [0.25, 0.3) is 0 Å². The van der Waals surface area contributed by atoms with E-state index < -0.39 is 0 Å². The molecule has 0 saturated carbocycles. The van der Waals surface area contributed by atoms with E-state index in [9.17, 15) is 0 Å². The Bertz CT molecular complexity index is 596. The van der Waals surface area contributed by atoms with Gasteiger partial charge in [0.2, 0.25) is 0 Å². The van der Waals surface area contributed by atoms with Crippen molar-refractivity contribution in [3.63, 3.8) is 0 Å². The molecule has 1 aliphatic rings. The lowest BCUT2D eigenvalue weighted by molar-refractivity contribution is -0.0828. The quantitative estimate of drug-likeness (QED) is 0.334. The van der Waals surface area contributed by atoms with Crippen LogP contribution in [0.2, 0.25) is 10.0 Å². The van der Waals surface area contributed by atoms with E-state index >= 15 is 0 Å². The number of methoxy groups -OCH3 is 1. The Kier molecular flexibility index (Phi) is 10.5. The van der Waals surface area contributed by atoms with E-state index in [1.165, 1.54) is 0 Å². The van der Waals surface area contributed by atoms with Gasteiger partial charge in [0.05, 0.1) is 18.2 Å². The summed E-state index contributed by atoms with van der Waals surface area (Å²) in [7, 11) is 1.75. The minimum atomic E-state index is -0.248. The van der Waals surface area contributed by atoms with E-state index in [1.807, 2.05) is 26.0 Å². The zero-order valence-corrected chi connectivity index (χ0v) is 19.3. The smallest absolute Gasteiger partial charge is 0.191 e. The molecule has 26 heavy (non-hydrogen) atoms. The van der Waals surface area contributed by atoms with E-state index in [0.29, 0.717) is 29.8 Å². The van der Waals surface area contributed by atoms with Gasteiger partial charge in [-0.05, 0) is 31.5 Å². The molecule has 0 amide bonds. The molecule has 1 heterocycles. The van der Waals surface area contributed by atoms with Gasteiger partial charge in [0, 0.05) is 49.8 Å². The van der Waals surface area contributed by atoms with Crippen LogP contribution in [0.3, 0.4) is 0 Å². The Hall–Kier alpha value is -0.280. The molecule has 0 spiro atoms. The highest BCUT2D eigenvalue weighted by Gasteiger charge is 2.32. The van der Waals surface area contributed by atoms with Crippen LogP contribution in [-0.2, 0) is 9.47 Å². The fourth-order valence-electron chi connectivity index (χ4n) is 2.85. The Morgan fingerprint density at radius 1 is 1.35 bits per heavy atom. The van der Waals surface area contributed by atoms with Gasteiger partial charge in [-0.15, -0.1) is 24.0 Å². The molecule has 1 unspecified atom stereocenters. The van der Waals surface area contributed by atoms with E-state index in [4.69, 9.17) is 37.7 Å². The molecule has 2 N–H and O–H groups in total. The first-order chi connectivity index (χ1) is 12.0. The average molecular weight is 516 g/mol. The minimum Gasteiger partial charge on any atom is -0.381 e. The third-order valence-corrected chi connectivity index (χ3v) is 5.05. The highest BCUT2D eigenvalue weighted by molar-refractivity contribution is 14.0. The molecule has 5 nitrogen and oxygen atoms in total. The third-order valence-electron chi connectivity index (χ3n) is 4.49. The summed E-state index contributed by atoms with van der Waals surface area (Å²) in [5, 5.41) is 7.95. The van der Waals surface area contributed by atoms with Gasteiger partial charge >= 0.3 is 0 Å². The van der Waals surface area contributed by atoms with Crippen molar-refractivity contribution in [2.75, 3.05) is 33.4 Å². The highest BCUT2D eigenvalue weighted by Crippen LogP contribution is 2.27. The number of aliphatic imine (C=N–C) groups is 1. The van der Waals surface area contributed by atoms with E-state index in [-0.39, 0.29) is 35.6 Å². The lowest BCUT2D eigenvalue weighted by Gasteiger charge is -2.34. The van der Waals surface area contributed by atoms with Gasteiger partial charge in [-0.25, -0.2) is 0 Å². The van der Waals surface area contributed by atoms with Crippen LogP contribution in [0.5, 0.6) is 0 Å². The predicted octanol–water partition coefficient (Wildman–Crippen LogP) is 4.42. The van der Waals surface area contributed by atoms with Gasteiger partial charge in [0.25, 0.3) is 0 Å². The van der Waals surface area contributed by atoms with Gasteiger partial charge in [-0.3, -0.25) is 4.99 Å². The van der Waals surface area contributed by atoms with Gasteiger partial charge in [0.1, 0.15) is 0 Å². The van der Waals surface area contributed by atoms with Crippen LogP contribution in [0, 0.1) is 0 Å². The predicted molar refractivity (Wildman–Crippen MR) is 119 cm³/mol. The molecule has 1 atom stereocenters. The van der Waals surface area contributed by atoms with Crippen molar-refractivity contribution in [1.82, 2.24) is 10.6 Å². The summed E-state index contributed by atoms with van der Waals surface area (Å²) >= 11 is 12.3. The Balaban J connectivity index is 0.00000338. The Morgan fingerprint density at radius 3 is 2.62 bits per heavy atom. The first-order valence-electron chi connectivity index (χ1n) is 8.62. The number of benzene rings is 1. The van der Waals surface area contributed by atoms with E-state index in [0.717, 1.165) is 30.9 Å². The molecular formula is C18H28Cl2IN3O2. The van der Waals surface area contributed by atoms with Gasteiger partial charge < -0.3 is 20.1 Å². The van der Waals surface area contributed by atoms with Crippen molar-refractivity contribution in [3.05, 3.63) is 33.8 Å². The first kappa shape index (κ1) is 23.8.